The van der Waals surface area contributed by atoms with E-state index in [1.54, 1.807) is 42.5 Å². The van der Waals surface area contributed by atoms with Gasteiger partial charge in [0.1, 0.15) is 17.1 Å². The van der Waals surface area contributed by atoms with Gasteiger partial charge in [0.05, 0.1) is 11.3 Å². The fraction of sp³-hybridized carbons (Fsp3) is 0.0455. The fourth-order valence-corrected chi connectivity index (χ4v) is 4.48. The van der Waals surface area contributed by atoms with Crippen LogP contribution in [0.25, 0.3) is 5.65 Å². The molecule has 1 aliphatic rings. The van der Waals surface area contributed by atoms with E-state index in [-0.39, 0.29) is 17.3 Å². The number of aromatic nitrogens is 2. The lowest BCUT2D eigenvalue weighted by Crippen LogP contribution is -2.11. The number of sulfonamides is 1. The molecular weight excluding hydrogens is 416 g/mol. The second-order valence-electron chi connectivity index (χ2n) is 6.89. The quantitative estimate of drug-likeness (QED) is 0.497. The summed E-state index contributed by atoms with van der Waals surface area (Å²) >= 11 is 0. The number of anilines is 1. The predicted octanol–water partition coefficient (Wildman–Crippen LogP) is 3.25. The van der Waals surface area contributed by atoms with Crippen LogP contribution in [-0.4, -0.2) is 29.6 Å². The lowest BCUT2D eigenvalue weighted by Gasteiger charge is -2.08. The van der Waals surface area contributed by atoms with Gasteiger partial charge < -0.3 is 14.5 Å². The maximum absolute atomic E-state index is 12.4. The Morgan fingerprint density at radius 2 is 1.77 bits per heavy atom. The molecule has 0 saturated heterocycles. The third kappa shape index (κ3) is 3.66. The molecule has 0 bridgehead atoms. The molecule has 0 aliphatic carbocycles. The van der Waals surface area contributed by atoms with Crippen molar-refractivity contribution in [1.29, 1.82) is 0 Å². The zero-order valence-corrected chi connectivity index (χ0v) is 16.9. The summed E-state index contributed by atoms with van der Waals surface area (Å²) in [7, 11) is -3.70. The first-order chi connectivity index (χ1) is 15.0. The molecule has 0 unspecified atom stereocenters. The molecular formula is C22H16N4O4S. The highest BCUT2D eigenvalue weighted by molar-refractivity contribution is 7.90. The van der Waals surface area contributed by atoms with Crippen molar-refractivity contribution < 1.29 is 17.9 Å². The van der Waals surface area contributed by atoms with Crippen LogP contribution in [-0.2, 0) is 21.4 Å². The average molecular weight is 432 g/mol. The Morgan fingerprint density at radius 1 is 1.00 bits per heavy atom. The van der Waals surface area contributed by atoms with Crippen LogP contribution in [0.4, 0.5) is 5.69 Å². The molecule has 0 radical (unpaired) electrons. The van der Waals surface area contributed by atoms with Crippen LogP contribution in [0.3, 0.4) is 0 Å². The van der Waals surface area contributed by atoms with Gasteiger partial charge in [0.15, 0.2) is 5.84 Å². The van der Waals surface area contributed by atoms with Crippen molar-refractivity contribution in [1.82, 2.24) is 9.38 Å². The summed E-state index contributed by atoms with van der Waals surface area (Å²) in [6.07, 6.45) is 3.68. The van der Waals surface area contributed by atoms with E-state index >= 15 is 0 Å². The van der Waals surface area contributed by atoms with Crippen molar-refractivity contribution in [3.63, 3.8) is 0 Å². The first-order valence-corrected chi connectivity index (χ1v) is 10.8. The number of pyridine rings is 1. The molecule has 0 spiro atoms. The summed E-state index contributed by atoms with van der Waals surface area (Å²) in [5, 5.41) is 3.00. The highest BCUT2D eigenvalue weighted by Gasteiger charge is 2.28. The van der Waals surface area contributed by atoms with Crippen molar-refractivity contribution in [3.05, 3.63) is 95.9 Å². The second kappa shape index (κ2) is 7.37. The number of carbonyl (C=O) groups is 1. The molecule has 2 aromatic carbocycles. The first-order valence-electron chi connectivity index (χ1n) is 9.41. The number of hydrogen-bond acceptors (Lipinski definition) is 6. The van der Waals surface area contributed by atoms with Gasteiger partial charge in [-0.1, -0.05) is 18.2 Å². The molecule has 2 aromatic heterocycles. The Balaban J connectivity index is 1.26. The molecule has 4 aromatic rings. The van der Waals surface area contributed by atoms with Gasteiger partial charge in [-0.2, -0.15) is 8.42 Å². The number of nitrogens with one attached hydrogen (secondary N) is 1. The summed E-state index contributed by atoms with van der Waals surface area (Å²) in [4.78, 5) is 16.9. The Morgan fingerprint density at radius 3 is 2.58 bits per heavy atom. The van der Waals surface area contributed by atoms with Crippen LogP contribution < -0.4 is 5.32 Å². The summed E-state index contributed by atoms with van der Waals surface area (Å²) in [6.45, 7) is 0.0615. The molecule has 0 saturated carbocycles. The average Bonchev–Trinajstić information content (AvgIpc) is 3.31. The minimum absolute atomic E-state index is 0.0615. The van der Waals surface area contributed by atoms with E-state index in [0.717, 1.165) is 5.65 Å². The molecule has 3 heterocycles. The lowest BCUT2D eigenvalue weighted by molar-refractivity contribution is 0.0468. The molecule has 0 amide bonds. The molecule has 0 fully saturated rings. The number of imidazole rings is 1. The van der Waals surface area contributed by atoms with Crippen LogP contribution >= 0.6 is 0 Å². The van der Waals surface area contributed by atoms with Gasteiger partial charge in [0.25, 0.3) is 10.0 Å². The van der Waals surface area contributed by atoms with Gasteiger partial charge >= 0.3 is 5.97 Å². The Hall–Kier alpha value is -3.98. The number of hydrogen-bond donors (Lipinski definition) is 1. The zero-order chi connectivity index (χ0) is 21.4. The van der Waals surface area contributed by atoms with Crippen molar-refractivity contribution in [2.24, 2.45) is 4.40 Å². The van der Waals surface area contributed by atoms with E-state index in [1.807, 2.05) is 35.0 Å². The van der Waals surface area contributed by atoms with Crippen molar-refractivity contribution >= 4 is 33.2 Å². The lowest BCUT2D eigenvalue weighted by atomic mass is 10.1. The standard InChI is InChI=1S/C22H16N4O4S/c27-22(30-14-17-13-26-12-4-3-7-20(26)23-17)15-8-10-16(11-9-15)24-21-18-5-1-2-6-19(18)31(28,29)25-21/h1-13H,14H2,(H,24,25). The van der Waals surface area contributed by atoms with Crippen LogP contribution in [0.15, 0.2) is 88.4 Å². The van der Waals surface area contributed by atoms with Gasteiger partial charge in [0, 0.05) is 23.6 Å². The number of fused-ring (bicyclic) bond motifs is 2. The van der Waals surface area contributed by atoms with Gasteiger partial charge in [-0.3, -0.25) is 0 Å². The number of nitrogens with zero attached hydrogens (tertiary/aromatic N) is 3. The van der Waals surface area contributed by atoms with Crippen LogP contribution in [0.5, 0.6) is 0 Å². The number of benzene rings is 2. The summed E-state index contributed by atoms with van der Waals surface area (Å²) in [5.74, 6) is -0.229. The smallest absolute Gasteiger partial charge is 0.338 e. The van der Waals surface area contributed by atoms with Crippen molar-refractivity contribution in [2.75, 3.05) is 5.32 Å². The summed E-state index contributed by atoms with van der Waals surface area (Å²) in [5.41, 5.74) is 2.91. The third-order valence-electron chi connectivity index (χ3n) is 4.78. The third-order valence-corrected chi connectivity index (χ3v) is 6.11. The zero-order valence-electron chi connectivity index (χ0n) is 16.1. The minimum Gasteiger partial charge on any atom is -0.456 e. The van der Waals surface area contributed by atoms with Gasteiger partial charge in [-0.05, 0) is 48.5 Å². The van der Waals surface area contributed by atoms with Crippen LogP contribution in [0, 0.1) is 0 Å². The molecule has 31 heavy (non-hydrogen) atoms. The SMILES string of the molecule is O=C(OCc1cn2ccccc2n1)c1ccc(NC2=NS(=O)(=O)c3ccccc32)cc1. The largest absolute Gasteiger partial charge is 0.456 e. The van der Waals surface area contributed by atoms with Crippen molar-refractivity contribution in [2.45, 2.75) is 11.5 Å². The minimum atomic E-state index is -3.70. The monoisotopic (exact) mass is 432 g/mol. The highest BCUT2D eigenvalue weighted by Crippen LogP contribution is 2.26. The Bertz CT molecular complexity index is 1410. The molecule has 5 rings (SSSR count). The number of carbonyl (C=O) groups excluding carboxylic acids is 1. The first kappa shape index (κ1) is 19.0. The molecule has 154 valence electrons. The number of esters is 1. The molecule has 0 atom stereocenters. The van der Waals surface area contributed by atoms with E-state index in [1.165, 1.54) is 6.07 Å². The van der Waals surface area contributed by atoms with Crippen molar-refractivity contribution in [3.8, 4) is 0 Å². The van der Waals surface area contributed by atoms with E-state index in [9.17, 15) is 13.2 Å². The highest BCUT2D eigenvalue weighted by atomic mass is 32.2. The van der Waals surface area contributed by atoms with Gasteiger partial charge in [-0.15, -0.1) is 4.40 Å². The predicted molar refractivity (Wildman–Crippen MR) is 115 cm³/mol. The molecule has 9 heteroatoms. The van der Waals surface area contributed by atoms with E-state index in [4.69, 9.17) is 4.74 Å². The maximum Gasteiger partial charge on any atom is 0.338 e. The normalized spacial score (nSPS) is 14.1. The second-order valence-corrected chi connectivity index (χ2v) is 8.46. The number of ether oxygens (including phenoxy) is 1. The molecule has 1 N–H and O–H groups in total. The topological polar surface area (TPSA) is 102 Å². The van der Waals surface area contributed by atoms with Gasteiger partial charge in [-0.25, -0.2) is 9.78 Å². The summed E-state index contributed by atoms with van der Waals surface area (Å²) < 4.78 is 35.3. The van der Waals surface area contributed by atoms with Gasteiger partial charge in [0.2, 0.25) is 0 Å². The Kier molecular flexibility index (Phi) is 4.52. The molecule has 8 nitrogen and oxygen atoms in total. The van der Waals surface area contributed by atoms with Crippen LogP contribution in [0.2, 0.25) is 0 Å². The fourth-order valence-electron chi connectivity index (χ4n) is 3.30. The van der Waals surface area contributed by atoms with E-state index < -0.39 is 16.0 Å². The number of rotatable bonds is 4. The van der Waals surface area contributed by atoms with Crippen LogP contribution in [0.1, 0.15) is 21.6 Å². The Labute approximate surface area is 177 Å². The van der Waals surface area contributed by atoms with E-state index in [2.05, 4.69) is 14.7 Å². The van der Waals surface area contributed by atoms with E-state index in [0.29, 0.717) is 22.5 Å². The summed E-state index contributed by atoms with van der Waals surface area (Å²) in [6, 6.07) is 18.8. The number of amidine groups is 1. The molecule has 1 aliphatic heterocycles. The maximum atomic E-state index is 12.4.